The van der Waals surface area contributed by atoms with Crippen molar-refractivity contribution < 1.29 is 49.6 Å². The highest BCUT2D eigenvalue weighted by molar-refractivity contribution is 6.23. The highest BCUT2D eigenvalue weighted by atomic mass is 16.6. The topological polar surface area (TPSA) is 231 Å². The number of aliphatic hydroxyl groups excluding tert-OH is 3. The summed E-state index contributed by atoms with van der Waals surface area (Å²) in [5.74, 6) is -10.7. The predicted octanol–water partition coefficient (Wildman–Crippen LogP) is 0.803. The highest BCUT2D eigenvalue weighted by Gasteiger charge is 2.65. The number of phenolic OH excluding ortho intramolecular Hbond substituents is 1. The Labute approximate surface area is 215 Å². The summed E-state index contributed by atoms with van der Waals surface area (Å²) in [6.45, 7) is -0.117. The van der Waals surface area contributed by atoms with Crippen LogP contribution in [0.25, 0.3) is 5.76 Å². The summed E-state index contributed by atoms with van der Waals surface area (Å²) in [7, 11) is 0. The van der Waals surface area contributed by atoms with E-state index in [0.29, 0.717) is 0 Å². The van der Waals surface area contributed by atoms with E-state index in [1.54, 1.807) is 0 Å². The van der Waals surface area contributed by atoms with E-state index in [1.165, 1.54) is 6.07 Å². The molecule has 0 bridgehead atoms. The maximum absolute atomic E-state index is 13.8. The molecule has 4 aliphatic rings. The molecule has 1 amide bonds. The molecule has 2 fully saturated rings. The second-order valence-electron chi connectivity index (χ2n) is 10.2. The van der Waals surface area contributed by atoms with Crippen LogP contribution in [0.5, 0.6) is 5.75 Å². The fourth-order valence-corrected chi connectivity index (χ4v) is 6.45. The zero-order valence-electron chi connectivity index (χ0n) is 20.0. The summed E-state index contributed by atoms with van der Waals surface area (Å²) in [5.41, 5.74) is -0.482. The molecule has 0 saturated heterocycles. The molecule has 202 valence electrons. The molecule has 5 atom stereocenters. The number of primary amides is 1. The van der Waals surface area contributed by atoms with E-state index in [0.717, 1.165) is 31.7 Å². The Hall–Kier alpha value is -3.81. The molecule has 2 saturated carbocycles. The van der Waals surface area contributed by atoms with Crippen LogP contribution in [0.2, 0.25) is 0 Å². The molecule has 13 nitrogen and oxygen atoms in total. The molecule has 38 heavy (non-hydrogen) atoms. The number of nitro benzene ring substituents is 1. The van der Waals surface area contributed by atoms with Gasteiger partial charge in [-0.2, -0.15) is 0 Å². The van der Waals surface area contributed by atoms with Crippen LogP contribution in [0, 0.1) is 22.0 Å². The Morgan fingerprint density at radius 1 is 1.18 bits per heavy atom. The van der Waals surface area contributed by atoms with Gasteiger partial charge in [0.05, 0.1) is 29.3 Å². The number of hydrogen-bond donors (Lipinski definition) is 6. The van der Waals surface area contributed by atoms with Crippen molar-refractivity contribution in [2.45, 2.75) is 55.8 Å². The van der Waals surface area contributed by atoms with E-state index in [4.69, 9.17) is 10.5 Å². The number of hydrogen-bond acceptors (Lipinski definition) is 11. The SMILES string of the molecule is NC(=O)C1=C(O)[C@@]2(O)C(=O)C3=C(O)c4c(ccc([N+](=O)[O-])c4O)[C@H](COC4CCCC4)[C@H]3[C@H](O)[C@H]2CC1=O. The Morgan fingerprint density at radius 2 is 1.84 bits per heavy atom. The number of ether oxygens (including phenoxy) is 1. The first kappa shape index (κ1) is 25.8. The third kappa shape index (κ3) is 3.46. The average Bonchev–Trinajstić information content (AvgIpc) is 3.37. The van der Waals surface area contributed by atoms with Crippen molar-refractivity contribution in [3.05, 3.63) is 50.3 Å². The van der Waals surface area contributed by atoms with Gasteiger partial charge < -0.3 is 36.0 Å². The van der Waals surface area contributed by atoms with Crippen molar-refractivity contribution in [3.8, 4) is 5.75 Å². The number of phenols is 1. The zero-order chi connectivity index (χ0) is 27.7. The zero-order valence-corrected chi connectivity index (χ0v) is 20.0. The van der Waals surface area contributed by atoms with E-state index >= 15 is 0 Å². The van der Waals surface area contributed by atoms with Gasteiger partial charge >= 0.3 is 5.69 Å². The molecule has 0 heterocycles. The van der Waals surface area contributed by atoms with Crippen molar-refractivity contribution in [2.75, 3.05) is 6.61 Å². The Bertz CT molecular complexity index is 1340. The van der Waals surface area contributed by atoms with Gasteiger partial charge in [0.15, 0.2) is 11.4 Å². The largest absolute Gasteiger partial charge is 0.508 e. The fraction of sp³-hybridized carbons (Fsp3) is 0.480. The molecule has 5 rings (SSSR count). The Balaban J connectivity index is 1.72. The molecule has 0 radical (unpaired) electrons. The lowest BCUT2D eigenvalue weighted by atomic mass is 9.55. The van der Waals surface area contributed by atoms with E-state index in [1.807, 2.05) is 0 Å². The van der Waals surface area contributed by atoms with Crippen LogP contribution >= 0.6 is 0 Å². The lowest BCUT2D eigenvalue weighted by molar-refractivity contribution is -0.385. The third-order valence-corrected chi connectivity index (χ3v) is 8.29. The minimum atomic E-state index is -3.00. The van der Waals surface area contributed by atoms with Gasteiger partial charge in [-0.25, -0.2) is 0 Å². The van der Waals surface area contributed by atoms with Crippen LogP contribution in [0.4, 0.5) is 5.69 Å². The lowest BCUT2D eigenvalue weighted by Gasteiger charge is -2.50. The van der Waals surface area contributed by atoms with E-state index in [9.17, 15) is 50.0 Å². The molecular weight excluding hydrogens is 504 g/mol. The number of Topliss-reactive ketones (excluding diaryl/α,β-unsaturated/α-hetero) is 2. The first-order valence-corrected chi connectivity index (χ1v) is 12.2. The number of benzene rings is 1. The predicted molar refractivity (Wildman–Crippen MR) is 127 cm³/mol. The molecule has 4 aliphatic carbocycles. The van der Waals surface area contributed by atoms with Gasteiger partial charge in [0, 0.05) is 35.8 Å². The van der Waals surface area contributed by atoms with E-state index in [2.05, 4.69) is 0 Å². The second-order valence-corrected chi connectivity index (χ2v) is 10.2. The summed E-state index contributed by atoms with van der Waals surface area (Å²) >= 11 is 0. The van der Waals surface area contributed by atoms with E-state index < -0.39 is 97.9 Å². The van der Waals surface area contributed by atoms with Crippen LogP contribution in [0.1, 0.15) is 49.1 Å². The maximum atomic E-state index is 13.8. The van der Waals surface area contributed by atoms with Crippen LogP contribution in [-0.4, -0.2) is 72.3 Å². The maximum Gasteiger partial charge on any atom is 0.311 e. The number of ketones is 2. The molecule has 1 aromatic rings. The van der Waals surface area contributed by atoms with Gasteiger partial charge in [-0.05, 0) is 18.4 Å². The molecule has 0 spiro atoms. The van der Waals surface area contributed by atoms with Gasteiger partial charge in [0.1, 0.15) is 17.1 Å². The highest BCUT2D eigenvalue weighted by Crippen LogP contribution is 2.56. The summed E-state index contributed by atoms with van der Waals surface area (Å²) in [6.07, 6.45) is 0.889. The number of carbonyl (C=O) groups is 3. The quantitative estimate of drug-likeness (QED) is 0.177. The molecule has 13 heteroatoms. The van der Waals surface area contributed by atoms with Crippen molar-refractivity contribution in [2.24, 2.45) is 17.6 Å². The molecule has 0 aromatic heterocycles. The number of nitrogens with zero attached hydrogens (tertiary/aromatic N) is 1. The van der Waals surface area contributed by atoms with Crippen LogP contribution in [0.15, 0.2) is 29.0 Å². The van der Waals surface area contributed by atoms with E-state index in [-0.39, 0.29) is 18.3 Å². The standard InChI is InChI=1S/C25H26N2O11/c26-24(34)17-14(28)7-12-19(29)15-11(8-38-9-3-1-2-4-9)10-5-6-13(27(36)37)20(30)16(10)21(31)18(15)23(33)25(12,35)22(17)32/h5-6,9,11-12,15,19,29-32,35H,1-4,7-8H2,(H2,26,34)/t11-,12+,15+,19+,25+/m0/s1. The second kappa shape index (κ2) is 8.89. The third-order valence-electron chi connectivity index (χ3n) is 8.29. The minimum Gasteiger partial charge on any atom is -0.508 e. The minimum absolute atomic E-state index is 0.117. The molecule has 0 aliphatic heterocycles. The fourth-order valence-electron chi connectivity index (χ4n) is 6.45. The molecule has 1 aromatic carbocycles. The van der Waals surface area contributed by atoms with Crippen molar-refractivity contribution >= 4 is 28.9 Å². The van der Waals surface area contributed by atoms with Crippen LogP contribution in [0.3, 0.4) is 0 Å². The summed E-state index contributed by atoms with van der Waals surface area (Å²) in [5, 5.41) is 67.0. The van der Waals surface area contributed by atoms with Gasteiger partial charge in [-0.3, -0.25) is 24.5 Å². The average molecular weight is 530 g/mol. The number of nitrogens with two attached hydrogens (primary N) is 1. The number of aliphatic hydroxyl groups is 4. The summed E-state index contributed by atoms with van der Waals surface area (Å²) < 4.78 is 6.05. The molecular formula is C25H26N2O11. The summed E-state index contributed by atoms with van der Waals surface area (Å²) in [4.78, 5) is 48.8. The van der Waals surface area contributed by atoms with Gasteiger partial charge in [0.2, 0.25) is 11.5 Å². The smallest absolute Gasteiger partial charge is 0.311 e. The first-order valence-electron chi connectivity index (χ1n) is 12.2. The normalized spacial score (nSPS) is 31.2. The van der Waals surface area contributed by atoms with Crippen molar-refractivity contribution in [1.29, 1.82) is 0 Å². The van der Waals surface area contributed by atoms with Gasteiger partial charge in [0.25, 0.3) is 5.91 Å². The molecule has 0 unspecified atom stereocenters. The number of aromatic hydroxyl groups is 1. The molecule has 7 N–H and O–H groups in total. The number of carbonyl (C=O) groups excluding carboxylic acids is 3. The monoisotopic (exact) mass is 530 g/mol. The first-order chi connectivity index (χ1) is 17.9. The van der Waals surface area contributed by atoms with Crippen LogP contribution < -0.4 is 5.73 Å². The van der Waals surface area contributed by atoms with Crippen molar-refractivity contribution in [3.63, 3.8) is 0 Å². The Morgan fingerprint density at radius 3 is 2.45 bits per heavy atom. The van der Waals surface area contributed by atoms with Gasteiger partial charge in [-0.15, -0.1) is 0 Å². The van der Waals surface area contributed by atoms with Crippen molar-refractivity contribution in [1.82, 2.24) is 0 Å². The summed E-state index contributed by atoms with van der Waals surface area (Å²) in [6, 6.07) is 2.32. The number of nitro groups is 1. The number of fused-ring (bicyclic) bond motifs is 3. The number of rotatable bonds is 5. The lowest BCUT2D eigenvalue weighted by Crippen LogP contribution is -2.64. The van der Waals surface area contributed by atoms with Crippen LogP contribution in [-0.2, 0) is 19.1 Å². The van der Waals surface area contributed by atoms with Gasteiger partial charge in [-0.1, -0.05) is 18.9 Å². The Kier molecular flexibility index (Phi) is 6.04. The number of amides is 1.